The first-order chi connectivity index (χ1) is 9.49. The molecule has 0 radical (unpaired) electrons. The van der Waals surface area contributed by atoms with Crippen molar-refractivity contribution < 1.29 is 8.42 Å². The van der Waals surface area contributed by atoms with Crippen LogP contribution in [0.1, 0.15) is 46.0 Å². The monoisotopic (exact) mass is 302 g/mol. The Balaban J connectivity index is 2.50. The number of hydrogen-bond acceptors (Lipinski definition) is 4. The molecular formula is C13H26N4O2S. The van der Waals surface area contributed by atoms with Crippen molar-refractivity contribution in [2.24, 2.45) is 5.73 Å². The van der Waals surface area contributed by atoms with Crippen LogP contribution in [0.25, 0.3) is 0 Å². The standard InChI is InChI=1S/C13H26N4O2S/c1-3-4-5-6-7-12(2)16-20(18,19)13-10-15-17(11-13)9-8-14/h10-12,16H,3-9,14H2,1-2H3. The molecule has 6 nitrogen and oxygen atoms in total. The van der Waals surface area contributed by atoms with Gasteiger partial charge in [-0.15, -0.1) is 0 Å². The molecule has 0 saturated heterocycles. The Hall–Kier alpha value is -0.920. The minimum absolute atomic E-state index is 0.0604. The quantitative estimate of drug-likeness (QED) is 0.641. The van der Waals surface area contributed by atoms with E-state index in [0.29, 0.717) is 13.1 Å². The fraction of sp³-hybridized carbons (Fsp3) is 0.769. The Bertz CT molecular complexity index is 484. The lowest BCUT2D eigenvalue weighted by Crippen LogP contribution is -2.32. The number of hydrogen-bond donors (Lipinski definition) is 2. The van der Waals surface area contributed by atoms with Gasteiger partial charge in [-0.2, -0.15) is 5.10 Å². The number of nitrogens with two attached hydrogens (primary N) is 1. The highest BCUT2D eigenvalue weighted by atomic mass is 32.2. The third kappa shape index (κ3) is 5.60. The van der Waals surface area contributed by atoms with E-state index in [4.69, 9.17) is 5.73 Å². The van der Waals surface area contributed by atoms with Crippen LogP contribution in [0.5, 0.6) is 0 Å². The van der Waals surface area contributed by atoms with E-state index < -0.39 is 10.0 Å². The third-order valence-corrected chi connectivity index (χ3v) is 4.67. The molecular weight excluding hydrogens is 276 g/mol. The van der Waals surface area contributed by atoms with Crippen molar-refractivity contribution in [3.8, 4) is 0 Å². The number of rotatable bonds is 10. The molecule has 1 unspecified atom stereocenters. The van der Waals surface area contributed by atoms with Gasteiger partial charge in [0.2, 0.25) is 10.0 Å². The van der Waals surface area contributed by atoms with Crippen molar-refractivity contribution in [2.75, 3.05) is 6.54 Å². The summed E-state index contributed by atoms with van der Waals surface area (Å²) < 4.78 is 28.5. The van der Waals surface area contributed by atoms with Gasteiger partial charge in [0.1, 0.15) is 4.90 Å². The van der Waals surface area contributed by atoms with Crippen LogP contribution < -0.4 is 10.5 Å². The lowest BCUT2D eigenvalue weighted by molar-refractivity contribution is 0.521. The number of unbranched alkanes of at least 4 members (excludes halogenated alkanes) is 3. The molecule has 0 bridgehead atoms. The summed E-state index contributed by atoms with van der Waals surface area (Å²) >= 11 is 0. The first kappa shape index (κ1) is 17.1. The maximum atomic E-state index is 12.2. The van der Waals surface area contributed by atoms with E-state index in [1.807, 2.05) is 6.92 Å². The average molecular weight is 302 g/mol. The molecule has 0 aliphatic heterocycles. The predicted molar refractivity (Wildman–Crippen MR) is 79.8 cm³/mol. The number of nitrogens with zero attached hydrogens (tertiary/aromatic N) is 2. The highest BCUT2D eigenvalue weighted by Gasteiger charge is 2.18. The molecule has 0 amide bonds. The highest BCUT2D eigenvalue weighted by molar-refractivity contribution is 7.89. The second kappa shape index (κ2) is 8.39. The average Bonchev–Trinajstić information content (AvgIpc) is 2.84. The van der Waals surface area contributed by atoms with E-state index in [-0.39, 0.29) is 10.9 Å². The van der Waals surface area contributed by atoms with Crippen LogP contribution in [0.4, 0.5) is 0 Å². The molecule has 0 aliphatic rings. The van der Waals surface area contributed by atoms with Gasteiger partial charge in [-0.1, -0.05) is 32.6 Å². The van der Waals surface area contributed by atoms with Crippen molar-refractivity contribution in [2.45, 2.75) is 63.4 Å². The summed E-state index contributed by atoms with van der Waals surface area (Å²) in [4.78, 5) is 0.200. The van der Waals surface area contributed by atoms with Crippen molar-refractivity contribution in [1.82, 2.24) is 14.5 Å². The van der Waals surface area contributed by atoms with Gasteiger partial charge >= 0.3 is 0 Å². The minimum atomic E-state index is -3.47. The van der Waals surface area contributed by atoms with E-state index in [1.165, 1.54) is 25.2 Å². The van der Waals surface area contributed by atoms with Crippen molar-refractivity contribution in [1.29, 1.82) is 0 Å². The number of sulfonamides is 1. The van der Waals surface area contributed by atoms with Crippen LogP contribution in [0.3, 0.4) is 0 Å². The summed E-state index contributed by atoms with van der Waals surface area (Å²) in [5, 5.41) is 3.98. The van der Waals surface area contributed by atoms with Gasteiger partial charge in [-0.25, -0.2) is 13.1 Å². The first-order valence-corrected chi connectivity index (χ1v) is 8.72. The van der Waals surface area contributed by atoms with Crippen molar-refractivity contribution in [3.63, 3.8) is 0 Å². The number of aromatic nitrogens is 2. The zero-order chi connectivity index (χ0) is 15.0. The maximum absolute atomic E-state index is 12.2. The summed E-state index contributed by atoms with van der Waals surface area (Å²) in [6.45, 7) is 5.00. The van der Waals surface area contributed by atoms with Gasteiger partial charge in [0.05, 0.1) is 12.7 Å². The van der Waals surface area contributed by atoms with Crippen LogP contribution in [0, 0.1) is 0 Å². The molecule has 1 aromatic heterocycles. The lowest BCUT2D eigenvalue weighted by atomic mass is 10.1. The molecule has 0 spiro atoms. The van der Waals surface area contributed by atoms with Crippen LogP contribution >= 0.6 is 0 Å². The van der Waals surface area contributed by atoms with Gasteiger partial charge < -0.3 is 5.73 Å². The largest absolute Gasteiger partial charge is 0.329 e. The van der Waals surface area contributed by atoms with Gasteiger partial charge in [-0.05, 0) is 13.3 Å². The Morgan fingerprint density at radius 1 is 1.40 bits per heavy atom. The molecule has 7 heteroatoms. The first-order valence-electron chi connectivity index (χ1n) is 7.24. The topological polar surface area (TPSA) is 90.0 Å². The molecule has 0 fully saturated rings. The van der Waals surface area contributed by atoms with E-state index in [1.54, 1.807) is 4.68 Å². The Kier molecular flexibility index (Phi) is 7.18. The zero-order valence-electron chi connectivity index (χ0n) is 12.4. The second-order valence-corrected chi connectivity index (χ2v) is 6.81. The van der Waals surface area contributed by atoms with E-state index >= 15 is 0 Å². The Labute approximate surface area is 121 Å². The van der Waals surface area contributed by atoms with E-state index in [2.05, 4.69) is 16.7 Å². The predicted octanol–water partition coefficient (Wildman–Crippen LogP) is 1.48. The molecule has 0 aliphatic carbocycles. The molecule has 1 atom stereocenters. The normalized spacial score (nSPS) is 13.6. The molecule has 3 N–H and O–H groups in total. The SMILES string of the molecule is CCCCCCC(C)NS(=O)(=O)c1cnn(CCN)c1. The Morgan fingerprint density at radius 2 is 2.15 bits per heavy atom. The van der Waals surface area contributed by atoms with Gasteiger partial charge in [0.15, 0.2) is 0 Å². The van der Waals surface area contributed by atoms with E-state index in [0.717, 1.165) is 19.3 Å². The Morgan fingerprint density at radius 3 is 2.80 bits per heavy atom. The fourth-order valence-electron chi connectivity index (χ4n) is 2.01. The summed E-state index contributed by atoms with van der Waals surface area (Å²) in [6, 6.07) is -0.0604. The molecule has 1 aromatic rings. The van der Waals surface area contributed by atoms with Crippen LogP contribution in [0.15, 0.2) is 17.3 Å². The molecule has 0 aromatic carbocycles. The summed E-state index contributed by atoms with van der Waals surface area (Å²) in [5.41, 5.74) is 5.41. The molecule has 20 heavy (non-hydrogen) atoms. The fourth-order valence-corrected chi connectivity index (χ4v) is 3.24. The van der Waals surface area contributed by atoms with E-state index in [9.17, 15) is 8.42 Å². The smallest absolute Gasteiger partial charge is 0.243 e. The maximum Gasteiger partial charge on any atom is 0.243 e. The lowest BCUT2D eigenvalue weighted by Gasteiger charge is -2.13. The minimum Gasteiger partial charge on any atom is -0.329 e. The molecule has 1 rings (SSSR count). The highest BCUT2D eigenvalue weighted by Crippen LogP contribution is 2.11. The second-order valence-electron chi connectivity index (χ2n) is 5.10. The van der Waals surface area contributed by atoms with Crippen molar-refractivity contribution in [3.05, 3.63) is 12.4 Å². The third-order valence-electron chi connectivity index (χ3n) is 3.13. The van der Waals surface area contributed by atoms with Gasteiger partial charge in [-0.3, -0.25) is 4.68 Å². The summed E-state index contributed by atoms with van der Waals surface area (Å²) in [5.74, 6) is 0. The van der Waals surface area contributed by atoms with Crippen molar-refractivity contribution >= 4 is 10.0 Å². The van der Waals surface area contributed by atoms with Gasteiger partial charge in [0, 0.05) is 18.8 Å². The summed E-state index contributed by atoms with van der Waals surface area (Å²) in [7, 11) is -3.47. The summed E-state index contributed by atoms with van der Waals surface area (Å²) in [6.07, 6.45) is 8.31. The van der Waals surface area contributed by atoms with Crippen LogP contribution in [-0.4, -0.2) is 30.8 Å². The van der Waals surface area contributed by atoms with Crippen LogP contribution in [-0.2, 0) is 16.6 Å². The molecule has 116 valence electrons. The zero-order valence-corrected chi connectivity index (χ0v) is 13.2. The molecule has 0 saturated carbocycles. The number of nitrogens with one attached hydrogen (secondary N) is 1. The van der Waals surface area contributed by atoms with Gasteiger partial charge in [0.25, 0.3) is 0 Å². The molecule has 1 heterocycles. The van der Waals surface area contributed by atoms with Crippen LogP contribution in [0.2, 0.25) is 0 Å².